The number of carbonyl (C=O) groups is 2. The van der Waals surface area contributed by atoms with Gasteiger partial charge in [0.25, 0.3) is 5.91 Å². The summed E-state index contributed by atoms with van der Waals surface area (Å²) < 4.78 is 0. The normalized spacial score (nSPS) is 14.5. The third kappa shape index (κ3) is 5.40. The molecule has 1 heterocycles. The van der Waals surface area contributed by atoms with Crippen molar-refractivity contribution in [2.24, 2.45) is 5.41 Å². The van der Waals surface area contributed by atoms with Crippen LogP contribution in [-0.4, -0.2) is 30.3 Å². The third-order valence-corrected chi connectivity index (χ3v) is 6.58. The predicted octanol–water partition coefficient (Wildman–Crippen LogP) is 4.98. The fourth-order valence-electron chi connectivity index (χ4n) is 3.54. The van der Waals surface area contributed by atoms with Crippen LogP contribution in [0.2, 0.25) is 0 Å². The fraction of sp³-hybridized carbons (Fsp3) is 0.440. The molecule has 2 N–H and O–H groups in total. The molecular formula is C25H32ClN3O2. The van der Waals surface area contributed by atoms with Crippen molar-refractivity contribution in [3.63, 3.8) is 0 Å². The van der Waals surface area contributed by atoms with Crippen molar-refractivity contribution < 1.29 is 9.59 Å². The smallest absolute Gasteiger partial charge is 0.253 e. The highest BCUT2D eigenvalue weighted by Crippen LogP contribution is 2.30. The number of halogens is 1. The van der Waals surface area contributed by atoms with E-state index in [0.29, 0.717) is 11.3 Å². The molecule has 0 radical (unpaired) electrons. The number of fused-ring (bicyclic) bond motifs is 1. The van der Waals surface area contributed by atoms with E-state index in [1.54, 1.807) is 19.9 Å². The van der Waals surface area contributed by atoms with Crippen molar-refractivity contribution in [1.29, 1.82) is 0 Å². The molecule has 1 aliphatic rings. The topological polar surface area (TPSA) is 61.4 Å². The van der Waals surface area contributed by atoms with Crippen molar-refractivity contribution in [2.45, 2.75) is 53.1 Å². The van der Waals surface area contributed by atoms with Gasteiger partial charge in [-0.25, -0.2) is 0 Å². The van der Waals surface area contributed by atoms with Crippen molar-refractivity contribution in [3.05, 3.63) is 59.2 Å². The highest BCUT2D eigenvalue weighted by Gasteiger charge is 2.27. The van der Waals surface area contributed by atoms with Crippen molar-refractivity contribution in [2.75, 3.05) is 22.6 Å². The first-order chi connectivity index (χ1) is 14.7. The lowest BCUT2D eigenvalue weighted by Gasteiger charge is -2.32. The van der Waals surface area contributed by atoms with Gasteiger partial charge in [-0.05, 0) is 62.9 Å². The van der Waals surface area contributed by atoms with Crippen LogP contribution in [-0.2, 0) is 17.8 Å². The fourth-order valence-corrected chi connectivity index (χ4v) is 3.66. The van der Waals surface area contributed by atoms with Crippen LogP contribution in [0.1, 0.15) is 55.6 Å². The molecule has 3 rings (SSSR count). The second-order valence-corrected chi connectivity index (χ2v) is 9.19. The van der Waals surface area contributed by atoms with E-state index in [9.17, 15) is 9.59 Å². The highest BCUT2D eigenvalue weighted by molar-refractivity contribution is 6.20. The first kappa shape index (κ1) is 23.1. The number of anilines is 2. The summed E-state index contributed by atoms with van der Waals surface area (Å²) in [5, 5.41) is 5.99. The summed E-state index contributed by atoms with van der Waals surface area (Å²) in [6.07, 6.45) is 1.78. The average Bonchev–Trinajstić information content (AvgIpc) is 2.78. The lowest BCUT2D eigenvalue weighted by atomic mass is 9.95. The van der Waals surface area contributed by atoms with E-state index < -0.39 is 5.41 Å². The first-order valence-electron chi connectivity index (χ1n) is 10.9. The molecule has 1 atom stereocenters. The molecule has 0 aliphatic carbocycles. The van der Waals surface area contributed by atoms with E-state index in [2.05, 4.69) is 39.8 Å². The van der Waals surface area contributed by atoms with Crippen molar-refractivity contribution in [1.82, 2.24) is 5.32 Å². The van der Waals surface area contributed by atoms with Gasteiger partial charge in [-0.15, -0.1) is 11.6 Å². The van der Waals surface area contributed by atoms with E-state index in [4.69, 9.17) is 11.6 Å². The van der Waals surface area contributed by atoms with Crippen molar-refractivity contribution >= 4 is 34.8 Å². The van der Waals surface area contributed by atoms with Gasteiger partial charge in [-0.2, -0.15) is 0 Å². The number of benzene rings is 2. The van der Waals surface area contributed by atoms with Gasteiger partial charge in [0.2, 0.25) is 5.91 Å². The Morgan fingerprint density at radius 2 is 1.87 bits per heavy atom. The Morgan fingerprint density at radius 3 is 2.55 bits per heavy atom. The summed E-state index contributed by atoms with van der Waals surface area (Å²) in [5.74, 6) is -0.0859. The largest absolute Gasteiger partial charge is 0.366 e. The molecule has 2 amide bonds. The summed E-state index contributed by atoms with van der Waals surface area (Å²) >= 11 is 5.95. The summed E-state index contributed by atoms with van der Waals surface area (Å²) in [6, 6.07) is 14.1. The van der Waals surface area contributed by atoms with E-state index in [0.717, 1.165) is 31.6 Å². The number of alkyl halides is 1. The van der Waals surface area contributed by atoms with Crippen LogP contribution in [0.15, 0.2) is 42.5 Å². The van der Waals surface area contributed by atoms with Gasteiger partial charge in [-0.1, -0.05) is 31.2 Å². The second-order valence-electron chi connectivity index (χ2n) is 8.93. The Balaban J connectivity index is 1.93. The quantitative estimate of drug-likeness (QED) is 0.595. The van der Waals surface area contributed by atoms with Gasteiger partial charge in [0, 0.05) is 36.4 Å². The maximum Gasteiger partial charge on any atom is 0.253 e. The predicted molar refractivity (Wildman–Crippen MR) is 128 cm³/mol. The molecular weight excluding hydrogens is 410 g/mol. The van der Waals surface area contributed by atoms with Crippen LogP contribution in [0.5, 0.6) is 0 Å². The molecule has 6 heteroatoms. The minimum atomic E-state index is -0.698. The van der Waals surface area contributed by atoms with Gasteiger partial charge < -0.3 is 15.5 Å². The Bertz CT molecular complexity index is 958. The zero-order valence-corrected chi connectivity index (χ0v) is 19.6. The highest BCUT2D eigenvalue weighted by atomic mass is 35.5. The zero-order chi connectivity index (χ0) is 22.6. The van der Waals surface area contributed by atoms with Crippen LogP contribution < -0.4 is 15.5 Å². The lowest BCUT2D eigenvalue weighted by molar-refractivity contribution is -0.122. The Hall–Kier alpha value is -2.53. The Kier molecular flexibility index (Phi) is 7.26. The van der Waals surface area contributed by atoms with Gasteiger partial charge in [-0.3, -0.25) is 9.59 Å². The molecule has 0 spiro atoms. The van der Waals surface area contributed by atoms with E-state index >= 15 is 0 Å². The van der Waals surface area contributed by atoms with Crippen LogP contribution in [0.25, 0.3) is 0 Å². The lowest BCUT2D eigenvalue weighted by Crippen LogP contribution is -2.36. The molecule has 0 aromatic heterocycles. The van der Waals surface area contributed by atoms with Gasteiger partial charge in [0.05, 0.1) is 11.0 Å². The number of amides is 2. The van der Waals surface area contributed by atoms with Crippen LogP contribution in [0.3, 0.4) is 0 Å². The number of carbonyl (C=O) groups excluding carboxylic acids is 2. The number of nitrogens with one attached hydrogen (secondary N) is 2. The first-order valence-corrected chi connectivity index (χ1v) is 11.4. The second kappa shape index (κ2) is 9.73. The molecule has 5 nitrogen and oxygen atoms in total. The van der Waals surface area contributed by atoms with E-state index in [-0.39, 0.29) is 23.7 Å². The molecule has 0 saturated heterocycles. The SMILES string of the molecule is CCC(C)NC(=O)c1cc(NC(=O)C(C)(C)CCl)ccc1N1CCc2ccccc2C1. The standard InChI is InChI=1S/C25H32ClN3O2/c1-5-17(2)27-23(30)21-14-20(28-24(31)25(3,4)16-26)10-11-22(21)29-13-12-18-8-6-7-9-19(18)15-29/h6-11,14,17H,5,12-13,15-16H2,1-4H3,(H,27,30)(H,28,31). The molecule has 0 bridgehead atoms. The van der Waals surface area contributed by atoms with Crippen molar-refractivity contribution in [3.8, 4) is 0 Å². The van der Waals surface area contributed by atoms with Crippen LogP contribution in [0, 0.1) is 5.41 Å². The molecule has 1 unspecified atom stereocenters. The Morgan fingerprint density at radius 1 is 1.16 bits per heavy atom. The van der Waals surface area contributed by atoms with Gasteiger partial charge in [0.1, 0.15) is 0 Å². The zero-order valence-electron chi connectivity index (χ0n) is 18.8. The monoisotopic (exact) mass is 441 g/mol. The molecule has 2 aromatic carbocycles. The molecule has 1 aliphatic heterocycles. The summed E-state index contributed by atoms with van der Waals surface area (Å²) in [7, 11) is 0. The minimum Gasteiger partial charge on any atom is -0.366 e. The molecule has 166 valence electrons. The van der Waals surface area contributed by atoms with Crippen LogP contribution >= 0.6 is 11.6 Å². The Labute approximate surface area is 190 Å². The number of hydrogen-bond donors (Lipinski definition) is 2. The molecule has 0 fully saturated rings. The summed E-state index contributed by atoms with van der Waals surface area (Å²) in [6.45, 7) is 9.22. The minimum absolute atomic E-state index is 0.0656. The van der Waals surface area contributed by atoms with E-state index in [1.807, 2.05) is 26.0 Å². The maximum atomic E-state index is 13.1. The third-order valence-electron chi connectivity index (χ3n) is 5.91. The van der Waals surface area contributed by atoms with Gasteiger partial charge in [0.15, 0.2) is 0 Å². The average molecular weight is 442 g/mol. The van der Waals surface area contributed by atoms with E-state index in [1.165, 1.54) is 11.1 Å². The molecule has 2 aromatic rings. The number of hydrogen-bond acceptors (Lipinski definition) is 3. The molecule has 31 heavy (non-hydrogen) atoms. The van der Waals surface area contributed by atoms with Crippen LogP contribution in [0.4, 0.5) is 11.4 Å². The van der Waals surface area contributed by atoms with Gasteiger partial charge >= 0.3 is 0 Å². The number of rotatable bonds is 7. The molecule has 0 saturated carbocycles. The summed E-state index contributed by atoms with van der Waals surface area (Å²) in [4.78, 5) is 28.0. The number of nitrogens with zero attached hydrogens (tertiary/aromatic N) is 1. The maximum absolute atomic E-state index is 13.1. The summed E-state index contributed by atoms with van der Waals surface area (Å²) in [5.41, 5.74) is 3.99.